The predicted molar refractivity (Wildman–Crippen MR) is 107 cm³/mol. The Morgan fingerprint density at radius 2 is 1.87 bits per heavy atom. The van der Waals surface area contributed by atoms with Crippen LogP contribution >= 0.6 is 0 Å². The van der Waals surface area contributed by atoms with E-state index < -0.39 is 21.8 Å². The molecule has 1 atom stereocenters. The van der Waals surface area contributed by atoms with E-state index in [2.05, 4.69) is 10.1 Å². The highest BCUT2D eigenvalue weighted by Crippen LogP contribution is 2.33. The monoisotopic (exact) mass is 451 g/mol. The Hall–Kier alpha value is -2.72. The van der Waals surface area contributed by atoms with Crippen molar-refractivity contribution in [1.29, 1.82) is 0 Å². The van der Waals surface area contributed by atoms with Crippen molar-refractivity contribution in [1.82, 2.24) is 14.4 Å². The molecule has 0 radical (unpaired) electrons. The Morgan fingerprint density at radius 3 is 2.58 bits per heavy atom. The third-order valence-electron chi connectivity index (χ3n) is 5.28. The molecule has 1 unspecified atom stereocenters. The molecule has 0 bridgehead atoms. The van der Waals surface area contributed by atoms with Crippen molar-refractivity contribution < 1.29 is 26.1 Å². The normalized spacial score (nSPS) is 18.3. The number of benzene rings is 2. The van der Waals surface area contributed by atoms with Gasteiger partial charge in [-0.25, -0.2) is 8.42 Å². The van der Waals surface area contributed by atoms with Crippen LogP contribution in [0.1, 0.15) is 35.8 Å². The van der Waals surface area contributed by atoms with Gasteiger partial charge in [0, 0.05) is 18.7 Å². The fraction of sp³-hybridized carbons (Fsp3) is 0.333. The van der Waals surface area contributed by atoms with Gasteiger partial charge in [-0.05, 0) is 38.0 Å². The van der Waals surface area contributed by atoms with Gasteiger partial charge in [-0.1, -0.05) is 41.1 Å². The molecule has 0 spiro atoms. The van der Waals surface area contributed by atoms with Crippen molar-refractivity contribution in [2.24, 2.45) is 0 Å². The fourth-order valence-corrected chi connectivity index (χ4v) is 5.14. The van der Waals surface area contributed by atoms with Crippen molar-refractivity contribution in [3.63, 3.8) is 0 Å². The third-order valence-corrected chi connectivity index (χ3v) is 7.15. The van der Waals surface area contributed by atoms with Gasteiger partial charge in [0.1, 0.15) is 0 Å². The molecule has 0 aliphatic carbocycles. The predicted octanol–water partition coefficient (Wildman–Crippen LogP) is 4.63. The minimum atomic E-state index is -4.62. The van der Waals surface area contributed by atoms with Crippen molar-refractivity contribution in [2.75, 3.05) is 13.1 Å². The van der Waals surface area contributed by atoms with Gasteiger partial charge in [0.05, 0.1) is 16.4 Å². The molecule has 0 N–H and O–H groups in total. The Labute approximate surface area is 177 Å². The van der Waals surface area contributed by atoms with Gasteiger partial charge in [-0.3, -0.25) is 0 Å². The van der Waals surface area contributed by atoms with Crippen molar-refractivity contribution in [2.45, 2.75) is 36.8 Å². The Morgan fingerprint density at radius 1 is 1.13 bits per heavy atom. The SMILES string of the molecule is Cc1ccc(-c2noc(C3CCCN(S(=O)(=O)c4cccc(C(F)(F)F)c4)C3)n2)cc1. The number of rotatable bonds is 4. The zero-order valence-corrected chi connectivity index (χ0v) is 17.4. The molecular weight excluding hydrogens is 431 g/mol. The van der Waals surface area contributed by atoms with Crippen LogP contribution in [0.5, 0.6) is 0 Å². The number of hydrogen-bond donors (Lipinski definition) is 0. The molecule has 1 saturated heterocycles. The maximum absolute atomic E-state index is 13.0. The highest BCUT2D eigenvalue weighted by molar-refractivity contribution is 7.89. The van der Waals surface area contributed by atoms with Crippen LogP contribution in [0.15, 0.2) is 57.9 Å². The van der Waals surface area contributed by atoms with Crippen LogP contribution in [0.2, 0.25) is 0 Å². The Kier molecular flexibility index (Phi) is 5.61. The van der Waals surface area contributed by atoms with Crippen LogP contribution in [0, 0.1) is 6.92 Å². The van der Waals surface area contributed by atoms with Crippen LogP contribution in [-0.4, -0.2) is 36.0 Å². The van der Waals surface area contributed by atoms with Gasteiger partial charge in [-0.2, -0.15) is 22.5 Å². The second kappa shape index (κ2) is 8.08. The zero-order valence-electron chi connectivity index (χ0n) is 16.6. The average Bonchev–Trinajstić information content (AvgIpc) is 3.24. The minimum absolute atomic E-state index is 0.0636. The number of sulfonamides is 1. The van der Waals surface area contributed by atoms with Crippen molar-refractivity contribution in [3.8, 4) is 11.4 Å². The van der Waals surface area contributed by atoms with Crippen molar-refractivity contribution in [3.05, 3.63) is 65.5 Å². The molecule has 0 saturated carbocycles. The molecule has 1 aliphatic rings. The topological polar surface area (TPSA) is 76.3 Å². The lowest BCUT2D eigenvalue weighted by molar-refractivity contribution is -0.137. The van der Waals surface area contributed by atoms with Gasteiger partial charge < -0.3 is 4.52 Å². The van der Waals surface area contributed by atoms with Gasteiger partial charge in [0.15, 0.2) is 0 Å². The maximum Gasteiger partial charge on any atom is 0.416 e. The van der Waals surface area contributed by atoms with E-state index >= 15 is 0 Å². The van der Waals surface area contributed by atoms with Crippen LogP contribution < -0.4 is 0 Å². The first-order valence-corrected chi connectivity index (χ1v) is 11.2. The summed E-state index contributed by atoms with van der Waals surface area (Å²) in [5.74, 6) is 0.397. The first-order valence-electron chi connectivity index (χ1n) is 9.72. The lowest BCUT2D eigenvalue weighted by atomic mass is 10.00. The third kappa shape index (κ3) is 4.49. The van der Waals surface area contributed by atoms with Gasteiger partial charge in [-0.15, -0.1) is 0 Å². The van der Waals surface area contributed by atoms with Gasteiger partial charge >= 0.3 is 6.18 Å². The first-order chi connectivity index (χ1) is 14.6. The molecule has 164 valence electrons. The highest BCUT2D eigenvalue weighted by Gasteiger charge is 2.36. The molecule has 2 heterocycles. The van der Waals surface area contributed by atoms with E-state index in [1.54, 1.807) is 0 Å². The fourth-order valence-electron chi connectivity index (χ4n) is 3.57. The first kappa shape index (κ1) is 21.5. The van der Waals surface area contributed by atoms with E-state index in [-0.39, 0.29) is 23.9 Å². The van der Waals surface area contributed by atoms with Crippen LogP contribution in [0.3, 0.4) is 0 Å². The molecule has 31 heavy (non-hydrogen) atoms. The number of hydrogen-bond acceptors (Lipinski definition) is 5. The van der Waals surface area contributed by atoms with Gasteiger partial charge in [0.25, 0.3) is 0 Å². The zero-order chi connectivity index (χ0) is 22.2. The van der Waals surface area contributed by atoms with Crippen LogP contribution in [0.4, 0.5) is 13.2 Å². The summed E-state index contributed by atoms with van der Waals surface area (Å²) >= 11 is 0. The lowest BCUT2D eigenvalue weighted by Crippen LogP contribution is -2.39. The molecular formula is C21H20F3N3O3S. The standard InChI is InChI=1S/C21H20F3N3O3S/c1-14-7-9-15(10-8-14)19-25-20(30-26-19)16-4-3-11-27(13-16)31(28,29)18-6-2-5-17(12-18)21(22,23)24/h2,5-10,12,16H,3-4,11,13H2,1H3. The summed E-state index contributed by atoms with van der Waals surface area (Å²) < 4.78 is 71.6. The number of aryl methyl sites for hydroxylation is 1. The lowest BCUT2D eigenvalue weighted by Gasteiger charge is -2.30. The van der Waals surface area contributed by atoms with E-state index in [0.29, 0.717) is 30.6 Å². The molecule has 1 fully saturated rings. The number of halogens is 3. The van der Waals surface area contributed by atoms with Crippen LogP contribution in [-0.2, 0) is 16.2 Å². The summed E-state index contributed by atoms with van der Waals surface area (Å²) in [4.78, 5) is 4.04. The maximum atomic E-state index is 13.0. The summed E-state index contributed by atoms with van der Waals surface area (Å²) in [6.45, 7) is 2.25. The molecule has 1 aromatic heterocycles. The molecule has 0 amide bonds. The molecule has 3 aromatic rings. The second-order valence-electron chi connectivity index (χ2n) is 7.55. The number of nitrogens with zero attached hydrogens (tertiary/aromatic N) is 3. The largest absolute Gasteiger partial charge is 0.416 e. The van der Waals surface area contributed by atoms with E-state index in [1.807, 2.05) is 31.2 Å². The summed E-state index contributed by atoms with van der Waals surface area (Å²) in [5.41, 5.74) is 0.877. The highest BCUT2D eigenvalue weighted by atomic mass is 32.2. The van der Waals surface area contributed by atoms with E-state index in [4.69, 9.17) is 4.52 Å². The summed E-state index contributed by atoms with van der Waals surface area (Å²) in [7, 11) is -4.09. The van der Waals surface area contributed by atoms with Crippen LogP contribution in [0.25, 0.3) is 11.4 Å². The molecule has 4 rings (SSSR count). The average molecular weight is 451 g/mol. The summed E-state index contributed by atoms with van der Waals surface area (Å²) in [5, 5.41) is 4.00. The number of alkyl halides is 3. The van der Waals surface area contributed by atoms with E-state index in [0.717, 1.165) is 23.3 Å². The smallest absolute Gasteiger partial charge is 0.339 e. The quantitative estimate of drug-likeness (QED) is 0.578. The van der Waals surface area contributed by atoms with E-state index in [1.165, 1.54) is 10.4 Å². The Bertz CT molecular complexity index is 1170. The van der Waals surface area contributed by atoms with Gasteiger partial charge in [0.2, 0.25) is 21.7 Å². The second-order valence-corrected chi connectivity index (χ2v) is 9.49. The van der Waals surface area contributed by atoms with E-state index in [9.17, 15) is 21.6 Å². The van der Waals surface area contributed by atoms with Crippen molar-refractivity contribution >= 4 is 10.0 Å². The molecule has 2 aromatic carbocycles. The molecule has 1 aliphatic heterocycles. The number of aromatic nitrogens is 2. The molecule has 6 nitrogen and oxygen atoms in total. The minimum Gasteiger partial charge on any atom is -0.339 e. The Balaban J connectivity index is 1.55. The summed E-state index contributed by atoms with van der Waals surface area (Å²) in [6, 6.07) is 11.4. The molecule has 10 heteroatoms. The summed E-state index contributed by atoms with van der Waals surface area (Å²) in [6.07, 6.45) is -3.44. The number of piperidine rings is 1.